The lowest BCUT2D eigenvalue weighted by atomic mass is 10.0. The summed E-state index contributed by atoms with van der Waals surface area (Å²) in [5.74, 6) is 0.126. The fraction of sp³-hybridized carbons (Fsp3) is 0.200. The maximum atomic E-state index is 12.0. The van der Waals surface area contributed by atoms with Crippen LogP contribution in [-0.4, -0.2) is 11.0 Å². The maximum Gasteiger partial charge on any atom is 0.338 e. The molecule has 0 atom stereocenters. The Morgan fingerprint density at radius 2 is 1.80 bits per heavy atom. The third-order valence-corrected chi connectivity index (χ3v) is 5.00. The van der Waals surface area contributed by atoms with E-state index in [0.29, 0.717) is 16.5 Å². The number of halogens is 1. The number of hydrogen-bond acceptors (Lipinski definition) is 4. The first-order chi connectivity index (χ1) is 12.0. The van der Waals surface area contributed by atoms with E-state index in [-0.39, 0.29) is 12.6 Å². The monoisotopic (exact) mass is 371 g/mol. The van der Waals surface area contributed by atoms with Crippen molar-refractivity contribution in [2.45, 2.75) is 26.4 Å². The average Bonchev–Trinajstić information content (AvgIpc) is 3.09. The molecule has 0 aliphatic heterocycles. The fourth-order valence-corrected chi connectivity index (χ4v) is 3.26. The highest BCUT2D eigenvalue weighted by Gasteiger charge is 2.10. The van der Waals surface area contributed by atoms with Crippen LogP contribution in [0.5, 0.6) is 0 Å². The zero-order chi connectivity index (χ0) is 17.8. The Kier molecular flexibility index (Phi) is 5.51. The Hall–Kier alpha value is -2.17. The number of aromatic nitrogens is 1. The van der Waals surface area contributed by atoms with Gasteiger partial charge in [0.2, 0.25) is 0 Å². The van der Waals surface area contributed by atoms with Crippen molar-refractivity contribution in [1.82, 2.24) is 4.98 Å². The maximum absolute atomic E-state index is 12.0. The smallest absolute Gasteiger partial charge is 0.338 e. The molecule has 0 fully saturated rings. The summed E-state index contributed by atoms with van der Waals surface area (Å²) in [5.41, 5.74) is 3.60. The van der Waals surface area contributed by atoms with Gasteiger partial charge < -0.3 is 4.74 Å². The van der Waals surface area contributed by atoms with Gasteiger partial charge in [-0.15, -0.1) is 11.3 Å². The van der Waals surface area contributed by atoms with Crippen molar-refractivity contribution in [2.75, 3.05) is 0 Å². The highest BCUT2D eigenvalue weighted by Crippen LogP contribution is 2.26. The van der Waals surface area contributed by atoms with Gasteiger partial charge in [0.25, 0.3) is 0 Å². The van der Waals surface area contributed by atoms with Gasteiger partial charge in [-0.25, -0.2) is 9.78 Å². The van der Waals surface area contributed by atoms with Crippen LogP contribution < -0.4 is 0 Å². The second kappa shape index (κ2) is 7.81. The molecule has 0 saturated heterocycles. The van der Waals surface area contributed by atoms with E-state index < -0.39 is 0 Å². The number of nitrogens with zero attached hydrogens (tertiary/aromatic N) is 1. The van der Waals surface area contributed by atoms with E-state index in [1.165, 1.54) is 5.56 Å². The normalized spacial score (nSPS) is 10.9. The molecule has 0 aliphatic rings. The molecule has 1 aromatic heterocycles. The van der Waals surface area contributed by atoms with E-state index in [2.05, 4.69) is 43.1 Å². The van der Waals surface area contributed by atoms with Crippen molar-refractivity contribution in [2.24, 2.45) is 0 Å². The standard InChI is InChI=1S/C20H18ClNO2S/c1-13(2)14-3-5-15(6-4-14)19-22-18(12-25-19)11-24-20(23)16-7-9-17(21)10-8-16/h3-10,12-13H,11H2,1-2H3. The van der Waals surface area contributed by atoms with Gasteiger partial charge in [-0.05, 0) is 35.7 Å². The summed E-state index contributed by atoms with van der Waals surface area (Å²) in [7, 11) is 0. The topological polar surface area (TPSA) is 39.2 Å². The number of rotatable bonds is 5. The Labute approximate surface area is 156 Å². The molecule has 0 bridgehead atoms. The second-order valence-corrected chi connectivity index (χ2v) is 7.30. The van der Waals surface area contributed by atoms with Gasteiger partial charge >= 0.3 is 5.97 Å². The summed E-state index contributed by atoms with van der Waals surface area (Å²) in [5, 5.41) is 3.43. The van der Waals surface area contributed by atoms with Crippen LogP contribution in [0.4, 0.5) is 0 Å². The Morgan fingerprint density at radius 3 is 2.44 bits per heavy atom. The molecule has 0 saturated carbocycles. The van der Waals surface area contributed by atoms with Crippen LogP contribution in [0.3, 0.4) is 0 Å². The number of ether oxygens (including phenoxy) is 1. The number of carbonyl (C=O) groups excluding carboxylic acids is 1. The van der Waals surface area contributed by atoms with Crippen molar-refractivity contribution in [3.63, 3.8) is 0 Å². The van der Waals surface area contributed by atoms with Gasteiger partial charge in [-0.2, -0.15) is 0 Å². The van der Waals surface area contributed by atoms with E-state index in [1.807, 2.05) is 5.38 Å². The molecule has 5 heteroatoms. The van der Waals surface area contributed by atoms with Crippen LogP contribution in [-0.2, 0) is 11.3 Å². The molecule has 3 nitrogen and oxygen atoms in total. The molecule has 0 radical (unpaired) electrons. The molecule has 0 amide bonds. The van der Waals surface area contributed by atoms with Gasteiger partial charge in [0.15, 0.2) is 0 Å². The van der Waals surface area contributed by atoms with Crippen LogP contribution in [0, 0.1) is 0 Å². The summed E-state index contributed by atoms with van der Waals surface area (Å²) >= 11 is 7.36. The van der Waals surface area contributed by atoms with Gasteiger partial charge in [0, 0.05) is 16.0 Å². The second-order valence-electron chi connectivity index (χ2n) is 6.00. The number of benzene rings is 2. The minimum absolute atomic E-state index is 0.155. The van der Waals surface area contributed by atoms with Gasteiger partial charge in [-0.1, -0.05) is 49.7 Å². The molecular formula is C20H18ClNO2S. The molecule has 25 heavy (non-hydrogen) atoms. The predicted octanol–water partition coefficient (Wildman–Crippen LogP) is 5.94. The number of esters is 1. The third-order valence-electron chi connectivity index (χ3n) is 3.81. The average molecular weight is 372 g/mol. The summed E-state index contributed by atoms with van der Waals surface area (Å²) in [6.07, 6.45) is 0. The van der Waals surface area contributed by atoms with Crippen molar-refractivity contribution < 1.29 is 9.53 Å². The van der Waals surface area contributed by atoms with Gasteiger partial charge in [0.1, 0.15) is 11.6 Å². The van der Waals surface area contributed by atoms with Crippen LogP contribution in [0.2, 0.25) is 5.02 Å². The van der Waals surface area contributed by atoms with E-state index in [4.69, 9.17) is 16.3 Å². The Balaban J connectivity index is 1.63. The summed E-state index contributed by atoms with van der Waals surface area (Å²) in [6.45, 7) is 4.50. The predicted molar refractivity (Wildman–Crippen MR) is 102 cm³/mol. The van der Waals surface area contributed by atoms with E-state index in [0.717, 1.165) is 16.3 Å². The SMILES string of the molecule is CC(C)c1ccc(-c2nc(COC(=O)c3ccc(Cl)cc3)cs2)cc1. The molecule has 0 unspecified atom stereocenters. The third kappa shape index (κ3) is 4.47. The van der Waals surface area contributed by atoms with Crippen molar-refractivity contribution >= 4 is 28.9 Å². The first-order valence-corrected chi connectivity index (χ1v) is 9.26. The lowest BCUT2D eigenvalue weighted by Crippen LogP contribution is -2.05. The molecule has 0 spiro atoms. The van der Waals surface area contributed by atoms with E-state index in [9.17, 15) is 4.79 Å². The number of thiazole rings is 1. The Morgan fingerprint density at radius 1 is 1.12 bits per heavy atom. The molecule has 3 aromatic rings. The molecule has 1 heterocycles. The quantitative estimate of drug-likeness (QED) is 0.520. The van der Waals surface area contributed by atoms with Crippen LogP contribution in [0.1, 0.15) is 41.4 Å². The summed E-state index contributed by atoms with van der Waals surface area (Å²) in [6, 6.07) is 15.0. The van der Waals surface area contributed by atoms with E-state index >= 15 is 0 Å². The Bertz CT molecular complexity index is 854. The van der Waals surface area contributed by atoms with Crippen LogP contribution in [0.25, 0.3) is 10.6 Å². The van der Waals surface area contributed by atoms with Gasteiger partial charge in [-0.3, -0.25) is 0 Å². The molecular weight excluding hydrogens is 354 g/mol. The molecule has 0 N–H and O–H groups in total. The molecule has 2 aromatic carbocycles. The minimum atomic E-state index is -0.382. The highest BCUT2D eigenvalue weighted by molar-refractivity contribution is 7.13. The number of hydrogen-bond donors (Lipinski definition) is 0. The van der Waals surface area contributed by atoms with Crippen molar-refractivity contribution in [3.8, 4) is 10.6 Å². The summed E-state index contributed by atoms with van der Waals surface area (Å²) < 4.78 is 5.32. The van der Waals surface area contributed by atoms with Crippen LogP contribution in [0.15, 0.2) is 53.9 Å². The lowest BCUT2D eigenvalue weighted by Gasteiger charge is -2.05. The van der Waals surface area contributed by atoms with Crippen molar-refractivity contribution in [1.29, 1.82) is 0 Å². The highest BCUT2D eigenvalue weighted by atomic mass is 35.5. The molecule has 0 aliphatic carbocycles. The molecule has 3 rings (SSSR count). The zero-order valence-electron chi connectivity index (χ0n) is 14.0. The summed E-state index contributed by atoms with van der Waals surface area (Å²) in [4.78, 5) is 16.6. The van der Waals surface area contributed by atoms with E-state index in [1.54, 1.807) is 35.6 Å². The first-order valence-electron chi connectivity index (χ1n) is 8.00. The minimum Gasteiger partial charge on any atom is -0.456 e. The van der Waals surface area contributed by atoms with Crippen LogP contribution >= 0.6 is 22.9 Å². The lowest BCUT2D eigenvalue weighted by molar-refractivity contribution is 0.0468. The first kappa shape index (κ1) is 17.6. The largest absolute Gasteiger partial charge is 0.456 e. The fourth-order valence-electron chi connectivity index (χ4n) is 2.33. The van der Waals surface area contributed by atoms with Gasteiger partial charge in [0.05, 0.1) is 11.3 Å². The van der Waals surface area contributed by atoms with Crippen molar-refractivity contribution in [3.05, 3.63) is 75.8 Å². The molecule has 128 valence electrons. The zero-order valence-corrected chi connectivity index (χ0v) is 15.6. The number of carbonyl (C=O) groups is 1.